The molecule has 116 valence electrons. The number of nitrogens with zero attached hydrogens (tertiary/aromatic N) is 1. The van der Waals surface area contributed by atoms with Crippen molar-refractivity contribution in [3.05, 3.63) is 45.0 Å². The molecule has 0 atom stereocenters. The van der Waals surface area contributed by atoms with Crippen molar-refractivity contribution < 1.29 is 18.7 Å². The van der Waals surface area contributed by atoms with E-state index in [0.717, 1.165) is 18.9 Å². The summed E-state index contributed by atoms with van der Waals surface area (Å²) in [5, 5.41) is 0.0525. The van der Waals surface area contributed by atoms with Gasteiger partial charge in [0.1, 0.15) is 11.4 Å². The van der Waals surface area contributed by atoms with E-state index in [0.29, 0.717) is 5.52 Å². The summed E-state index contributed by atoms with van der Waals surface area (Å²) < 4.78 is 25.0. The maximum absolute atomic E-state index is 13.7. The van der Waals surface area contributed by atoms with Crippen LogP contribution in [0.5, 0.6) is 0 Å². The standard InChI is InChI=1S/C15H13ClFNO4/c1-21-7-22-15(20)10-6-18(8-2-3-8)13-5-11(16)12(17)4-9(13)14(10)19/h4-6,8H,2-3,7H2,1H3. The summed E-state index contributed by atoms with van der Waals surface area (Å²) >= 11 is 5.81. The summed E-state index contributed by atoms with van der Waals surface area (Å²) in [6.45, 7) is -0.255. The number of benzene rings is 1. The van der Waals surface area contributed by atoms with Crippen molar-refractivity contribution in [3.8, 4) is 0 Å². The maximum atomic E-state index is 13.7. The summed E-state index contributed by atoms with van der Waals surface area (Å²) in [5.74, 6) is -1.49. The van der Waals surface area contributed by atoms with E-state index >= 15 is 0 Å². The van der Waals surface area contributed by atoms with Gasteiger partial charge < -0.3 is 14.0 Å². The molecule has 0 aliphatic heterocycles. The molecule has 0 saturated heterocycles. The molecular weight excluding hydrogens is 313 g/mol. The number of rotatable bonds is 4. The second-order valence-corrected chi connectivity index (χ2v) is 5.54. The Morgan fingerprint density at radius 1 is 1.45 bits per heavy atom. The van der Waals surface area contributed by atoms with Crippen LogP contribution in [0.25, 0.3) is 10.9 Å². The Bertz CT molecular complexity index is 813. The quantitative estimate of drug-likeness (QED) is 0.640. The van der Waals surface area contributed by atoms with Crippen LogP contribution >= 0.6 is 11.6 Å². The first-order valence-corrected chi connectivity index (χ1v) is 7.10. The van der Waals surface area contributed by atoms with Gasteiger partial charge in [0, 0.05) is 24.7 Å². The molecule has 1 saturated carbocycles. The Morgan fingerprint density at radius 3 is 2.82 bits per heavy atom. The third-order valence-corrected chi connectivity index (χ3v) is 3.83. The van der Waals surface area contributed by atoms with Crippen LogP contribution in [0, 0.1) is 5.82 Å². The van der Waals surface area contributed by atoms with Crippen LogP contribution in [0.3, 0.4) is 0 Å². The van der Waals surface area contributed by atoms with E-state index in [2.05, 4.69) is 4.74 Å². The smallest absolute Gasteiger partial charge is 0.345 e. The molecule has 7 heteroatoms. The van der Waals surface area contributed by atoms with Gasteiger partial charge in [-0.25, -0.2) is 9.18 Å². The molecule has 2 aromatic rings. The number of hydrogen-bond acceptors (Lipinski definition) is 4. The Labute approximate surface area is 130 Å². The number of pyridine rings is 1. The number of aromatic nitrogens is 1. The van der Waals surface area contributed by atoms with Gasteiger partial charge in [-0.1, -0.05) is 11.6 Å². The SMILES string of the molecule is COCOC(=O)c1cn(C2CC2)c2cc(Cl)c(F)cc2c1=O. The molecule has 1 aliphatic carbocycles. The number of ether oxygens (including phenoxy) is 2. The van der Waals surface area contributed by atoms with Gasteiger partial charge in [0.15, 0.2) is 6.79 Å². The van der Waals surface area contributed by atoms with Crippen LogP contribution in [0.4, 0.5) is 4.39 Å². The molecule has 1 heterocycles. The van der Waals surface area contributed by atoms with E-state index in [1.54, 1.807) is 4.57 Å². The molecule has 0 N–H and O–H groups in total. The van der Waals surface area contributed by atoms with E-state index in [1.165, 1.54) is 19.4 Å². The summed E-state index contributed by atoms with van der Waals surface area (Å²) in [7, 11) is 1.37. The topological polar surface area (TPSA) is 57.5 Å². The third-order valence-electron chi connectivity index (χ3n) is 3.54. The second-order valence-electron chi connectivity index (χ2n) is 5.13. The van der Waals surface area contributed by atoms with Crippen molar-refractivity contribution in [2.24, 2.45) is 0 Å². The van der Waals surface area contributed by atoms with E-state index in [9.17, 15) is 14.0 Å². The van der Waals surface area contributed by atoms with Gasteiger partial charge in [0.25, 0.3) is 0 Å². The second kappa shape index (κ2) is 5.70. The highest BCUT2D eigenvalue weighted by Crippen LogP contribution is 2.37. The lowest BCUT2D eigenvalue weighted by Crippen LogP contribution is -2.21. The van der Waals surface area contributed by atoms with Crippen LogP contribution in [-0.4, -0.2) is 24.4 Å². The van der Waals surface area contributed by atoms with Gasteiger partial charge in [0.05, 0.1) is 10.5 Å². The van der Waals surface area contributed by atoms with Crippen molar-refractivity contribution in [1.29, 1.82) is 0 Å². The molecule has 0 bridgehead atoms. The highest BCUT2D eigenvalue weighted by atomic mass is 35.5. The summed E-state index contributed by atoms with van der Waals surface area (Å²) in [6, 6.07) is 2.65. The highest BCUT2D eigenvalue weighted by molar-refractivity contribution is 6.31. The molecule has 1 aliphatic rings. The number of carbonyl (C=O) groups is 1. The van der Waals surface area contributed by atoms with E-state index < -0.39 is 17.2 Å². The molecule has 1 aromatic heterocycles. The van der Waals surface area contributed by atoms with E-state index in [-0.39, 0.29) is 28.8 Å². The fourth-order valence-corrected chi connectivity index (χ4v) is 2.49. The number of methoxy groups -OCH3 is 1. The third kappa shape index (κ3) is 2.60. The minimum Gasteiger partial charge on any atom is -0.435 e. The van der Waals surface area contributed by atoms with Gasteiger partial charge in [-0.15, -0.1) is 0 Å². The molecule has 0 amide bonds. The maximum Gasteiger partial charge on any atom is 0.345 e. The molecule has 1 aromatic carbocycles. The number of fused-ring (bicyclic) bond motifs is 1. The fourth-order valence-electron chi connectivity index (χ4n) is 2.33. The normalized spacial score (nSPS) is 14.3. The molecule has 0 spiro atoms. The van der Waals surface area contributed by atoms with Gasteiger partial charge in [0.2, 0.25) is 5.43 Å². The lowest BCUT2D eigenvalue weighted by atomic mass is 10.1. The van der Waals surface area contributed by atoms with Crippen LogP contribution in [-0.2, 0) is 9.47 Å². The number of hydrogen-bond donors (Lipinski definition) is 0. The minimum atomic E-state index is -0.793. The first kappa shape index (κ1) is 15.0. The van der Waals surface area contributed by atoms with Crippen molar-refractivity contribution in [1.82, 2.24) is 4.57 Å². The Kier molecular flexibility index (Phi) is 3.88. The lowest BCUT2D eigenvalue weighted by molar-refractivity contribution is -0.0126. The zero-order valence-corrected chi connectivity index (χ0v) is 12.5. The Morgan fingerprint density at radius 2 is 2.18 bits per heavy atom. The van der Waals surface area contributed by atoms with Crippen molar-refractivity contribution in [3.63, 3.8) is 0 Å². The summed E-state index contributed by atoms with van der Waals surface area (Å²) in [5.41, 5.74) is -0.205. The Balaban J connectivity index is 2.22. The van der Waals surface area contributed by atoms with Crippen LogP contribution in [0.1, 0.15) is 29.2 Å². The lowest BCUT2D eigenvalue weighted by Gasteiger charge is -2.13. The number of esters is 1. The molecule has 0 radical (unpaired) electrons. The van der Waals surface area contributed by atoms with E-state index in [1.807, 2.05) is 0 Å². The summed E-state index contributed by atoms with van der Waals surface area (Å²) in [4.78, 5) is 24.4. The average Bonchev–Trinajstić information content (AvgIpc) is 3.32. The molecule has 0 unspecified atom stereocenters. The Hall–Kier alpha value is -1.92. The zero-order valence-electron chi connectivity index (χ0n) is 11.8. The van der Waals surface area contributed by atoms with Crippen molar-refractivity contribution in [2.45, 2.75) is 18.9 Å². The zero-order chi connectivity index (χ0) is 15.9. The van der Waals surface area contributed by atoms with Gasteiger partial charge in [-0.05, 0) is 25.0 Å². The molecule has 1 fully saturated rings. The predicted molar refractivity (Wildman–Crippen MR) is 78.7 cm³/mol. The number of halogens is 2. The first-order chi connectivity index (χ1) is 10.5. The molecular formula is C15H13ClFNO4. The van der Waals surface area contributed by atoms with Gasteiger partial charge in [-0.2, -0.15) is 0 Å². The van der Waals surface area contributed by atoms with Crippen molar-refractivity contribution >= 4 is 28.5 Å². The highest BCUT2D eigenvalue weighted by Gasteiger charge is 2.27. The minimum absolute atomic E-state index is 0.0593. The first-order valence-electron chi connectivity index (χ1n) is 6.73. The van der Waals surface area contributed by atoms with Gasteiger partial charge in [-0.3, -0.25) is 4.79 Å². The van der Waals surface area contributed by atoms with Crippen molar-refractivity contribution in [2.75, 3.05) is 13.9 Å². The van der Waals surface area contributed by atoms with Gasteiger partial charge >= 0.3 is 5.97 Å². The fraction of sp³-hybridized carbons (Fsp3) is 0.333. The van der Waals surface area contributed by atoms with Crippen LogP contribution in [0.15, 0.2) is 23.1 Å². The molecule has 3 rings (SSSR count). The van der Waals surface area contributed by atoms with E-state index in [4.69, 9.17) is 16.3 Å². The monoisotopic (exact) mass is 325 g/mol. The number of carbonyl (C=O) groups excluding carboxylic acids is 1. The predicted octanol–water partition coefficient (Wildman–Crippen LogP) is 2.89. The van der Waals surface area contributed by atoms with Crippen LogP contribution < -0.4 is 5.43 Å². The average molecular weight is 326 g/mol. The summed E-state index contributed by atoms with van der Waals surface area (Å²) in [6.07, 6.45) is 3.31. The molecule has 5 nitrogen and oxygen atoms in total. The van der Waals surface area contributed by atoms with Crippen LogP contribution in [0.2, 0.25) is 5.02 Å². The molecule has 22 heavy (non-hydrogen) atoms. The largest absolute Gasteiger partial charge is 0.435 e.